The minimum atomic E-state index is -1.14. The molecule has 0 fully saturated rings. The molecular weight excluding hydrogens is 335 g/mol. The molecule has 26 heavy (non-hydrogen) atoms. The van der Waals surface area contributed by atoms with Crippen LogP contribution in [0.4, 0.5) is 0 Å². The molecule has 2 aromatic carbocycles. The van der Waals surface area contributed by atoms with Crippen molar-refractivity contribution in [1.29, 1.82) is 0 Å². The standard InChI is InChI=1S/C24H34OP/c1-23(2,3)21-11-7-19(8-12-21)15-17-26(25)18-16-20-9-13-22(14-10-20)24(4,5)6/h7-14H,15-18H2,1-6H3/q+1. The molecule has 0 heterocycles. The van der Waals surface area contributed by atoms with Gasteiger partial charge in [-0.15, -0.1) is 0 Å². The lowest BCUT2D eigenvalue weighted by Crippen LogP contribution is -2.10. The Bertz CT molecular complexity index is 649. The lowest BCUT2D eigenvalue weighted by molar-refractivity contribution is 0.585. The van der Waals surface area contributed by atoms with E-state index < -0.39 is 7.80 Å². The summed E-state index contributed by atoms with van der Waals surface area (Å²) in [6.45, 7) is 13.4. The van der Waals surface area contributed by atoms with Gasteiger partial charge in [-0.3, -0.25) is 0 Å². The molecule has 0 unspecified atom stereocenters. The van der Waals surface area contributed by atoms with Gasteiger partial charge in [-0.2, -0.15) is 0 Å². The fraction of sp³-hybridized carbons (Fsp3) is 0.500. The van der Waals surface area contributed by atoms with E-state index in [2.05, 4.69) is 90.1 Å². The van der Waals surface area contributed by atoms with Crippen LogP contribution in [0.1, 0.15) is 63.8 Å². The van der Waals surface area contributed by atoms with Gasteiger partial charge in [-0.25, -0.2) is 0 Å². The van der Waals surface area contributed by atoms with Crippen LogP contribution in [0.15, 0.2) is 48.5 Å². The van der Waals surface area contributed by atoms with Gasteiger partial charge in [0.15, 0.2) is 0 Å². The Labute approximate surface area is 161 Å². The van der Waals surface area contributed by atoms with Gasteiger partial charge >= 0.3 is 7.80 Å². The molecule has 0 aliphatic carbocycles. The number of aryl methyl sites for hydroxylation is 2. The summed E-state index contributed by atoms with van der Waals surface area (Å²) in [5, 5.41) is 0. The third-order valence-corrected chi connectivity index (χ3v) is 6.38. The maximum Gasteiger partial charge on any atom is 0.339 e. The molecule has 0 amide bonds. The van der Waals surface area contributed by atoms with Crippen molar-refractivity contribution in [2.24, 2.45) is 0 Å². The van der Waals surface area contributed by atoms with Crippen LogP contribution < -0.4 is 0 Å². The van der Waals surface area contributed by atoms with Gasteiger partial charge in [-0.1, -0.05) is 94.6 Å². The van der Waals surface area contributed by atoms with Crippen LogP contribution in [-0.4, -0.2) is 12.3 Å². The maximum atomic E-state index is 12.4. The number of rotatable bonds is 6. The fourth-order valence-electron chi connectivity index (χ4n) is 2.96. The van der Waals surface area contributed by atoms with Gasteiger partial charge in [-0.05, 0) is 33.1 Å². The molecule has 0 N–H and O–H groups in total. The highest BCUT2D eigenvalue weighted by Gasteiger charge is 2.17. The molecule has 0 atom stereocenters. The second kappa shape index (κ2) is 8.49. The minimum absolute atomic E-state index is 0.187. The van der Waals surface area contributed by atoms with Crippen LogP contribution in [0.5, 0.6) is 0 Å². The van der Waals surface area contributed by atoms with Crippen molar-refractivity contribution >= 4 is 7.80 Å². The van der Waals surface area contributed by atoms with Crippen molar-refractivity contribution in [3.8, 4) is 0 Å². The van der Waals surface area contributed by atoms with E-state index in [9.17, 15) is 4.57 Å². The molecule has 0 aliphatic heterocycles. The van der Waals surface area contributed by atoms with Crippen molar-refractivity contribution in [3.05, 3.63) is 70.8 Å². The van der Waals surface area contributed by atoms with Crippen molar-refractivity contribution in [1.82, 2.24) is 0 Å². The first-order chi connectivity index (χ1) is 12.1. The Morgan fingerprint density at radius 1 is 0.615 bits per heavy atom. The van der Waals surface area contributed by atoms with Crippen molar-refractivity contribution < 1.29 is 4.57 Å². The lowest BCUT2D eigenvalue weighted by Gasteiger charge is -2.19. The summed E-state index contributed by atoms with van der Waals surface area (Å²) in [7, 11) is -1.14. The Hall–Kier alpha value is -1.46. The van der Waals surface area contributed by atoms with Crippen LogP contribution in [0.2, 0.25) is 0 Å². The largest absolute Gasteiger partial charge is 0.339 e. The quantitative estimate of drug-likeness (QED) is 0.506. The lowest BCUT2D eigenvalue weighted by atomic mass is 9.86. The van der Waals surface area contributed by atoms with Gasteiger partial charge in [0.2, 0.25) is 0 Å². The number of hydrogen-bond donors (Lipinski definition) is 0. The first kappa shape index (κ1) is 20.8. The molecule has 140 valence electrons. The number of hydrogen-bond acceptors (Lipinski definition) is 1. The monoisotopic (exact) mass is 369 g/mol. The van der Waals surface area contributed by atoms with Crippen LogP contribution >= 0.6 is 7.80 Å². The molecule has 0 saturated heterocycles. The maximum absolute atomic E-state index is 12.4. The summed E-state index contributed by atoms with van der Waals surface area (Å²) < 4.78 is 12.4. The molecule has 0 radical (unpaired) electrons. The van der Waals surface area contributed by atoms with Crippen LogP contribution in [0.25, 0.3) is 0 Å². The highest BCUT2D eigenvalue weighted by atomic mass is 31.1. The van der Waals surface area contributed by atoms with E-state index >= 15 is 0 Å². The third kappa shape index (κ3) is 6.36. The topological polar surface area (TPSA) is 17.1 Å². The van der Waals surface area contributed by atoms with Crippen LogP contribution in [0, 0.1) is 0 Å². The van der Waals surface area contributed by atoms with Crippen LogP contribution in [0.3, 0.4) is 0 Å². The normalized spacial score (nSPS) is 12.2. The molecule has 2 aromatic rings. The van der Waals surface area contributed by atoms with Crippen molar-refractivity contribution in [2.75, 3.05) is 12.3 Å². The van der Waals surface area contributed by atoms with Crippen LogP contribution in [-0.2, 0) is 28.2 Å². The first-order valence-corrected chi connectivity index (χ1v) is 11.3. The molecule has 0 aliphatic rings. The van der Waals surface area contributed by atoms with E-state index in [4.69, 9.17) is 0 Å². The summed E-state index contributed by atoms with van der Waals surface area (Å²) in [4.78, 5) is 0. The zero-order chi connectivity index (χ0) is 19.4. The smallest absolute Gasteiger partial charge is 0.0748 e. The SMILES string of the molecule is CC(C)(C)c1ccc(CC[P+](=O)CCc2ccc(C(C)(C)C)cc2)cc1. The third-order valence-electron chi connectivity index (χ3n) is 4.94. The molecule has 0 bridgehead atoms. The highest BCUT2D eigenvalue weighted by molar-refractivity contribution is 7.44. The van der Waals surface area contributed by atoms with E-state index in [0.29, 0.717) is 0 Å². The average molecular weight is 370 g/mol. The molecule has 2 rings (SSSR count). The Kier molecular flexibility index (Phi) is 6.80. The molecule has 0 saturated carbocycles. The van der Waals surface area contributed by atoms with Gasteiger partial charge in [0.25, 0.3) is 0 Å². The van der Waals surface area contributed by atoms with E-state index in [0.717, 1.165) is 25.2 Å². The number of benzene rings is 2. The predicted molar refractivity (Wildman–Crippen MR) is 115 cm³/mol. The summed E-state index contributed by atoms with van der Waals surface area (Å²) in [5.41, 5.74) is 5.65. The Morgan fingerprint density at radius 2 is 0.923 bits per heavy atom. The van der Waals surface area contributed by atoms with Gasteiger partial charge in [0, 0.05) is 12.8 Å². The first-order valence-electron chi connectivity index (χ1n) is 9.66. The van der Waals surface area contributed by atoms with Crippen molar-refractivity contribution in [3.63, 3.8) is 0 Å². The minimum Gasteiger partial charge on any atom is -0.0748 e. The molecule has 2 heteroatoms. The van der Waals surface area contributed by atoms with E-state index in [-0.39, 0.29) is 10.8 Å². The van der Waals surface area contributed by atoms with E-state index in [1.165, 1.54) is 22.3 Å². The van der Waals surface area contributed by atoms with Crippen molar-refractivity contribution in [2.45, 2.75) is 65.2 Å². The van der Waals surface area contributed by atoms with Gasteiger partial charge in [0.05, 0.1) is 0 Å². The highest BCUT2D eigenvalue weighted by Crippen LogP contribution is 2.27. The molecule has 0 aromatic heterocycles. The fourth-order valence-corrected chi connectivity index (χ4v) is 4.20. The molecular formula is C24H34OP+. The zero-order valence-electron chi connectivity index (χ0n) is 17.3. The summed E-state index contributed by atoms with van der Waals surface area (Å²) in [6, 6.07) is 17.6. The second-order valence-electron chi connectivity index (χ2n) is 9.32. The Morgan fingerprint density at radius 3 is 1.19 bits per heavy atom. The zero-order valence-corrected chi connectivity index (χ0v) is 18.2. The average Bonchev–Trinajstić information content (AvgIpc) is 2.57. The Balaban J connectivity index is 1.80. The second-order valence-corrected chi connectivity index (χ2v) is 11.2. The van der Waals surface area contributed by atoms with Gasteiger partial charge < -0.3 is 0 Å². The summed E-state index contributed by atoms with van der Waals surface area (Å²) in [5.74, 6) is 0. The van der Waals surface area contributed by atoms with Gasteiger partial charge in [0.1, 0.15) is 12.3 Å². The summed E-state index contributed by atoms with van der Waals surface area (Å²) in [6.07, 6.45) is 3.37. The molecule has 0 spiro atoms. The predicted octanol–water partition coefficient (Wildman–Crippen LogP) is 6.89. The molecule has 1 nitrogen and oxygen atoms in total. The van der Waals surface area contributed by atoms with E-state index in [1.807, 2.05) is 0 Å². The van der Waals surface area contributed by atoms with E-state index in [1.54, 1.807) is 0 Å². The summed E-state index contributed by atoms with van der Waals surface area (Å²) >= 11 is 0.